The minimum Gasteiger partial charge on any atom is -0.507 e. The predicted molar refractivity (Wildman–Crippen MR) is 110 cm³/mol. The molecule has 164 valence electrons. The van der Waals surface area contributed by atoms with Crippen molar-refractivity contribution >= 4 is 11.8 Å². The van der Waals surface area contributed by atoms with E-state index in [-0.39, 0.29) is 23.9 Å². The average Bonchev–Trinajstić information content (AvgIpc) is 3.16. The number of hydrogen-bond donors (Lipinski definition) is 1. The molecule has 1 aromatic carbocycles. The second kappa shape index (κ2) is 11.9. The fraction of sp³-hybridized carbons (Fsp3) is 0.571. The van der Waals surface area contributed by atoms with E-state index in [0.717, 1.165) is 19.3 Å². The van der Waals surface area contributed by atoms with Gasteiger partial charge in [0.25, 0.3) is 0 Å². The molecule has 30 heavy (non-hydrogen) atoms. The normalized spacial score (nSPS) is 10.8. The molecule has 0 atom stereocenters. The molecule has 0 aliphatic heterocycles. The Bertz CT molecular complexity index is 850. The van der Waals surface area contributed by atoms with Gasteiger partial charge in [0.1, 0.15) is 11.5 Å². The van der Waals surface area contributed by atoms with E-state index in [4.69, 9.17) is 9.47 Å². The van der Waals surface area contributed by atoms with Crippen LogP contribution in [0.4, 0.5) is 0 Å². The Morgan fingerprint density at radius 2 is 1.97 bits per heavy atom. The molecule has 0 amide bonds. The van der Waals surface area contributed by atoms with E-state index in [2.05, 4.69) is 15.4 Å². The number of ether oxygens (including phenoxy) is 2. The van der Waals surface area contributed by atoms with Crippen LogP contribution in [-0.4, -0.2) is 50.3 Å². The maximum Gasteiger partial charge on any atom is 0.307 e. The maximum atomic E-state index is 11.6. The van der Waals surface area contributed by atoms with Gasteiger partial charge in [-0.25, -0.2) is 0 Å². The highest BCUT2D eigenvalue weighted by molar-refractivity contribution is 5.97. The summed E-state index contributed by atoms with van der Waals surface area (Å²) in [5, 5.41) is 22.6. The smallest absolute Gasteiger partial charge is 0.307 e. The third kappa shape index (κ3) is 6.82. The lowest BCUT2D eigenvalue weighted by Crippen LogP contribution is -2.11. The lowest BCUT2D eigenvalue weighted by molar-refractivity contribution is -0.143. The highest BCUT2D eigenvalue weighted by Gasteiger charge is 2.15. The fourth-order valence-corrected chi connectivity index (χ4v) is 2.99. The van der Waals surface area contributed by atoms with Crippen molar-refractivity contribution < 1.29 is 24.2 Å². The molecule has 0 radical (unpaired) electrons. The lowest BCUT2D eigenvalue weighted by Gasteiger charge is -2.14. The maximum absolute atomic E-state index is 11.6. The number of phenolic OH excluding ortho intramolecular Hbond substituents is 1. The van der Waals surface area contributed by atoms with Crippen LogP contribution in [0.5, 0.6) is 11.5 Å². The molecule has 0 bridgehead atoms. The summed E-state index contributed by atoms with van der Waals surface area (Å²) >= 11 is 0. The summed E-state index contributed by atoms with van der Waals surface area (Å²) in [5.74, 6) is 0.805. The van der Waals surface area contributed by atoms with Crippen molar-refractivity contribution in [1.29, 1.82) is 0 Å². The summed E-state index contributed by atoms with van der Waals surface area (Å²) in [4.78, 5) is 24.4. The highest BCUT2D eigenvalue weighted by atomic mass is 16.5. The first kappa shape index (κ1) is 23.3. The van der Waals surface area contributed by atoms with Crippen LogP contribution >= 0.6 is 0 Å². The van der Waals surface area contributed by atoms with Gasteiger partial charge in [-0.1, -0.05) is 13.3 Å². The number of nitrogens with zero attached hydrogens (tertiary/aromatic N) is 4. The predicted octanol–water partition coefficient (Wildman–Crippen LogP) is 2.89. The number of benzene rings is 1. The first-order valence-corrected chi connectivity index (χ1v) is 10.4. The van der Waals surface area contributed by atoms with Gasteiger partial charge in [-0.05, 0) is 50.5 Å². The topological polar surface area (TPSA) is 116 Å². The van der Waals surface area contributed by atoms with Crippen LogP contribution in [-0.2, 0) is 28.9 Å². The molecule has 2 rings (SSSR count). The van der Waals surface area contributed by atoms with E-state index in [1.54, 1.807) is 19.1 Å². The zero-order chi connectivity index (χ0) is 21.9. The summed E-state index contributed by atoms with van der Waals surface area (Å²) < 4.78 is 10.7. The van der Waals surface area contributed by atoms with Gasteiger partial charge in [-0.2, -0.15) is 4.80 Å². The van der Waals surface area contributed by atoms with Gasteiger partial charge < -0.3 is 14.6 Å². The van der Waals surface area contributed by atoms with Crippen LogP contribution in [0.1, 0.15) is 68.2 Å². The van der Waals surface area contributed by atoms with Crippen LogP contribution in [0.25, 0.3) is 0 Å². The van der Waals surface area contributed by atoms with Crippen molar-refractivity contribution in [2.45, 2.75) is 65.8 Å². The van der Waals surface area contributed by atoms with Gasteiger partial charge in [0, 0.05) is 12.0 Å². The number of carbonyl (C=O) groups is 2. The first-order valence-electron chi connectivity index (χ1n) is 10.4. The standard InChI is InChI=1S/C21H30N4O5/c1-4-8-17-18(11-10-16(15(3)26)21(17)28)30-14-7-6-9-19-22-24-25(23-19)13-12-20(27)29-5-2/h10-11,28H,4-9,12-14H2,1-3H3. The molecule has 0 aliphatic carbocycles. The Hall–Kier alpha value is -2.97. The van der Waals surface area contributed by atoms with Crippen molar-refractivity contribution in [3.8, 4) is 11.5 Å². The summed E-state index contributed by atoms with van der Waals surface area (Å²) in [6.07, 6.45) is 3.93. The van der Waals surface area contributed by atoms with E-state index >= 15 is 0 Å². The average molecular weight is 418 g/mol. The molecule has 0 unspecified atom stereocenters. The number of carbonyl (C=O) groups excluding carboxylic acids is 2. The quantitative estimate of drug-likeness (QED) is 0.300. The van der Waals surface area contributed by atoms with Gasteiger partial charge in [-0.3, -0.25) is 9.59 Å². The monoisotopic (exact) mass is 418 g/mol. The van der Waals surface area contributed by atoms with Gasteiger partial charge in [0.05, 0.1) is 31.7 Å². The number of hydrogen-bond acceptors (Lipinski definition) is 8. The Labute approximate surface area is 176 Å². The fourth-order valence-electron chi connectivity index (χ4n) is 2.99. The second-order valence-corrected chi connectivity index (χ2v) is 6.91. The molecule has 0 saturated heterocycles. The van der Waals surface area contributed by atoms with E-state index in [0.29, 0.717) is 55.3 Å². The number of rotatable bonds is 13. The molecule has 2 aromatic rings. The first-order chi connectivity index (χ1) is 14.5. The number of aromatic hydroxyl groups is 1. The molecule has 1 N–H and O–H groups in total. The molecule has 1 aromatic heterocycles. The van der Waals surface area contributed by atoms with Crippen LogP contribution < -0.4 is 4.74 Å². The third-order valence-corrected chi connectivity index (χ3v) is 4.49. The van der Waals surface area contributed by atoms with Crippen molar-refractivity contribution in [2.75, 3.05) is 13.2 Å². The van der Waals surface area contributed by atoms with Crippen molar-refractivity contribution in [1.82, 2.24) is 20.2 Å². The molecular weight excluding hydrogens is 388 g/mol. The SMILES string of the molecule is CCCc1c(OCCCCc2nnn(CCC(=O)OCC)n2)ccc(C(C)=O)c1O. The number of tetrazole rings is 1. The van der Waals surface area contributed by atoms with Crippen LogP contribution in [0, 0.1) is 0 Å². The summed E-state index contributed by atoms with van der Waals surface area (Å²) in [5.41, 5.74) is 0.999. The molecule has 0 spiro atoms. The van der Waals surface area contributed by atoms with Crippen molar-refractivity contribution in [2.24, 2.45) is 0 Å². The lowest BCUT2D eigenvalue weighted by atomic mass is 10.0. The molecule has 9 heteroatoms. The Kier molecular flexibility index (Phi) is 9.24. The molecule has 0 saturated carbocycles. The zero-order valence-electron chi connectivity index (χ0n) is 17.9. The Balaban J connectivity index is 1.78. The van der Waals surface area contributed by atoms with Gasteiger partial charge in [-0.15, -0.1) is 10.2 Å². The van der Waals surface area contributed by atoms with Crippen molar-refractivity contribution in [3.05, 3.63) is 29.1 Å². The van der Waals surface area contributed by atoms with Crippen molar-refractivity contribution in [3.63, 3.8) is 0 Å². The molecule has 1 heterocycles. The number of ketones is 1. The van der Waals surface area contributed by atoms with Gasteiger partial charge in [0.2, 0.25) is 0 Å². The van der Waals surface area contributed by atoms with E-state index in [9.17, 15) is 14.7 Å². The molecular formula is C21H30N4O5. The molecule has 0 fully saturated rings. The number of aryl methyl sites for hydroxylation is 2. The zero-order valence-corrected chi connectivity index (χ0v) is 17.9. The number of esters is 1. The second-order valence-electron chi connectivity index (χ2n) is 6.91. The Morgan fingerprint density at radius 3 is 2.67 bits per heavy atom. The number of Topliss-reactive ketones (excluding diaryl/α,β-unsaturated/α-hetero) is 1. The minimum atomic E-state index is -0.279. The van der Waals surface area contributed by atoms with Crippen LogP contribution in [0.2, 0.25) is 0 Å². The number of phenols is 1. The molecule has 9 nitrogen and oxygen atoms in total. The molecule has 0 aliphatic rings. The van der Waals surface area contributed by atoms with E-state index in [1.165, 1.54) is 11.7 Å². The highest BCUT2D eigenvalue weighted by Crippen LogP contribution is 2.33. The van der Waals surface area contributed by atoms with Crippen LogP contribution in [0.3, 0.4) is 0 Å². The largest absolute Gasteiger partial charge is 0.507 e. The number of aromatic nitrogens is 4. The minimum absolute atomic E-state index is 0.0190. The van der Waals surface area contributed by atoms with Gasteiger partial charge >= 0.3 is 5.97 Å². The summed E-state index contributed by atoms with van der Waals surface area (Å²) in [6, 6.07) is 3.35. The third-order valence-electron chi connectivity index (χ3n) is 4.49. The van der Waals surface area contributed by atoms with E-state index in [1.807, 2.05) is 6.92 Å². The summed E-state index contributed by atoms with van der Waals surface area (Å²) in [7, 11) is 0. The Morgan fingerprint density at radius 1 is 1.17 bits per heavy atom. The van der Waals surface area contributed by atoms with Gasteiger partial charge in [0.15, 0.2) is 11.6 Å². The summed E-state index contributed by atoms with van der Waals surface area (Å²) in [6.45, 7) is 6.39. The number of unbranched alkanes of at least 4 members (excludes halogenated alkanes) is 1. The van der Waals surface area contributed by atoms with Crippen LogP contribution in [0.15, 0.2) is 12.1 Å². The van der Waals surface area contributed by atoms with E-state index < -0.39 is 0 Å².